The average molecular weight is 413 g/mol. The van der Waals surface area contributed by atoms with Crippen LogP contribution in [-0.4, -0.2) is 5.71 Å². The van der Waals surface area contributed by atoms with E-state index in [-0.39, 0.29) is 0 Å². The normalized spacial score (nSPS) is 11.7. The van der Waals surface area contributed by atoms with E-state index in [9.17, 15) is 10.5 Å². The fraction of sp³-hybridized carbons (Fsp3) is 0.370. The van der Waals surface area contributed by atoms with Gasteiger partial charge in [0, 0.05) is 17.1 Å². The summed E-state index contributed by atoms with van der Waals surface area (Å²) in [5, 5.41) is 22.2. The lowest BCUT2D eigenvalue weighted by Gasteiger charge is -2.17. The molecule has 0 spiro atoms. The van der Waals surface area contributed by atoms with Crippen LogP contribution in [0.5, 0.6) is 0 Å². The first kappa shape index (κ1) is 23.9. The number of aryl methyl sites for hydroxylation is 4. The fourth-order valence-corrected chi connectivity index (χ4v) is 3.81. The van der Waals surface area contributed by atoms with Crippen LogP contribution in [-0.2, 0) is 25.7 Å². The molecule has 4 heteroatoms. The minimum Gasteiger partial charge on any atom is -0.359 e. The Bertz CT molecular complexity index is 1040. The van der Waals surface area contributed by atoms with Gasteiger partial charge in [-0.25, -0.2) is 0 Å². The molecule has 2 aromatic rings. The van der Waals surface area contributed by atoms with Crippen molar-refractivity contribution >= 4 is 17.1 Å². The maximum atomic E-state index is 9.31. The molecule has 0 heterocycles. The number of nitrogens with zero attached hydrogens (tertiary/aromatic N) is 3. The molecule has 160 valence electrons. The Hall–Kier alpha value is -3.37. The highest BCUT2D eigenvalue weighted by atomic mass is 14.9. The minimum atomic E-state index is 0.693. The second kappa shape index (κ2) is 11.1. The quantitative estimate of drug-likeness (QED) is 0.485. The van der Waals surface area contributed by atoms with Gasteiger partial charge in [-0.1, -0.05) is 27.7 Å². The largest absolute Gasteiger partial charge is 0.359 e. The Morgan fingerprint density at radius 2 is 1.23 bits per heavy atom. The Morgan fingerprint density at radius 1 is 0.806 bits per heavy atom. The molecule has 1 N–H and O–H groups in total. The van der Waals surface area contributed by atoms with Crippen molar-refractivity contribution in [3.05, 3.63) is 69.4 Å². The number of hydrogen-bond acceptors (Lipinski definition) is 4. The van der Waals surface area contributed by atoms with E-state index in [1.807, 2.05) is 44.2 Å². The fourth-order valence-electron chi connectivity index (χ4n) is 3.81. The van der Waals surface area contributed by atoms with Crippen molar-refractivity contribution in [2.75, 3.05) is 5.32 Å². The van der Waals surface area contributed by atoms with E-state index < -0.39 is 0 Å². The Kier molecular flexibility index (Phi) is 8.59. The second-order valence-corrected chi connectivity index (χ2v) is 7.66. The zero-order chi connectivity index (χ0) is 23.0. The number of anilines is 1. The Labute approximate surface area is 187 Å². The van der Waals surface area contributed by atoms with Crippen molar-refractivity contribution < 1.29 is 0 Å². The maximum Gasteiger partial charge on any atom is 0.0991 e. The number of allylic oxidation sites excluding steroid dienone is 2. The van der Waals surface area contributed by atoms with Gasteiger partial charge in [-0.3, -0.25) is 4.99 Å². The molecule has 0 aliphatic carbocycles. The predicted octanol–water partition coefficient (Wildman–Crippen LogP) is 6.79. The van der Waals surface area contributed by atoms with Crippen LogP contribution in [0.3, 0.4) is 0 Å². The van der Waals surface area contributed by atoms with E-state index in [4.69, 9.17) is 4.99 Å². The van der Waals surface area contributed by atoms with Crippen LogP contribution in [0.1, 0.15) is 74.9 Å². The molecule has 0 radical (unpaired) electrons. The molecule has 0 aliphatic rings. The van der Waals surface area contributed by atoms with E-state index in [1.54, 1.807) is 0 Å². The third-order valence-corrected chi connectivity index (χ3v) is 5.39. The lowest BCUT2D eigenvalue weighted by atomic mass is 9.99. The number of rotatable bonds is 8. The molecule has 0 saturated carbocycles. The lowest BCUT2D eigenvalue weighted by Crippen LogP contribution is -2.05. The van der Waals surface area contributed by atoms with Crippen LogP contribution in [0.4, 0.5) is 11.4 Å². The van der Waals surface area contributed by atoms with Crippen molar-refractivity contribution in [2.24, 2.45) is 4.99 Å². The second-order valence-electron chi connectivity index (χ2n) is 7.66. The molecule has 2 rings (SSSR count). The van der Waals surface area contributed by atoms with Crippen LogP contribution < -0.4 is 5.32 Å². The summed E-state index contributed by atoms with van der Waals surface area (Å²) in [4.78, 5) is 4.92. The lowest BCUT2D eigenvalue weighted by molar-refractivity contribution is 1.07. The van der Waals surface area contributed by atoms with Crippen molar-refractivity contribution in [1.82, 2.24) is 0 Å². The van der Waals surface area contributed by atoms with Gasteiger partial charge < -0.3 is 5.32 Å². The predicted molar refractivity (Wildman–Crippen MR) is 130 cm³/mol. The van der Waals surface area contributed by atoms with Crippen molar-refractivity contribution in [3.8, 4) is 12.1 Å². The topological polar surface area (TPSA) is 72.0 Å². The number of nitrogens with one attached hydrogen (secondary N) is 1. The van der Waals surface area contributed by atoms with Gasteiger partial charge in [0.1, 0.15) is 0 Å². The standard InChI is InChI=1S/C27H32N4/c1-7-22-12-20(16-28)13-23(8-2)26(22)30-18(5)11-19(6)31-27-24(9-3)14-21(17-29)15-25(27)10-4/h11-15,30H,7-10H2,1-6H3/b18-11-,31-19?. The molecular formula is C27H32N4. The summed E-state index contributed by atoms with van der Waals surface area (Å²) in [6.07, 6.45) is 5.43. The Morgan fingerprint density at radius 3 is 1.61 bits per heavy atom. The van der Waals surface area contributed by atoms with Crippen LogP contribution in [0, 0.1) is 22.7 Å². The van der Waals surface area contributed by atoms with Crippen LogP contribution in [0.2, 0.25) is 0 Å². The van der Waals surface area contributed by atoms with Crippen LogP contribution in [0.25, 0.3) is 0 Å². The van der Waals surface area contributed by atoms with Gasteiger partial charge in [0.15, 0.2) is 0 Å². The first-order chi connectivity index (χ1) is 14.9. The van der Waals surface area contributed by atoms with Crippen molar-refractivity contribution in [2.45, 2.75) is 67.2 Å². The third kappa shape index (κ3) is 5.83. The molecule has 4 nitrogen and oxygen atoms in total. The molecule has 2 aromatic carbocycles. The SMILES string of the molecule is CCc1cc(C#N)cc(CC)c1N=C(C)/C=C(/C)Nc1c(CC)cc(C#N)cc1CC. The van der Waals surface area contributed by atoms with E-state index in [2.05, 4.69) is 45.2 Å². The molecule has 31 heavy (non-hydrogen) atoms. The van der Waals surface area contributed by atoms with Crippen LogP contribution >= 0.6 is 0 Å². The van der Waals surface area contributed by atoms with E-state index in [0.717, 1.165) is 70.7 Å². The molecule has 0 bridgehead atoms. The molecule has 0 fully saturated rings. The van der Waals surface area contributed by atoms with E-state index in [0.29, 0.717) is 11.1 Å². The molecule has 0 aliphatic heterocycles. The third-order valence-electron chi connectivity index (χ3n) is 5.39. The van der Waals surface area contributed by atoms with Gasteiger partial charge in [-0.2, -0.15) is 10.5 Å². The summed E-state index contributed by atoms with van der Waals surface area (Å²) in [6.45, 7) is 12.4. The summed E-state index contributed by atoms with van der Waals surface area (Å²) in [5.74, 6) is 0. The Balaban J connectivity index is 2.43. The maximum absolute atomic E-state index is 9.31. The molecule has 0 saturated heterocycles. The molecule has 0 aromatic heterocycles. The summed E-state index contributed by atoms with van der Waals surface area (Å²) in [6, 6.07) is 12.3. The average Bonchev–Trinajstić information content (AvgIpc) is 2.78. The summed E-state index contributed by atoms with van der Waals surface area (Å²) in [5.41, 5.74) is 9.87. The van der Waals surface area contributed by atoms with Gasteiger partial charge in [-0.15, -0.1) is 0 Å². The van der Waals surface area contributed by atoms with Gasteiger partial charge in [0.05, 0.1) is 29.0 Å². The van der Waals surface area contributed by atoms with Gasteiger partial charge in [0.2, 0.25) is 0 Å². The van der Waals surface area contributed by atoms with E-state index in [1.165, 1.54) is 0 Å². The number of hydrogen-bond donors (Lipinski definition) is 1. The van der Waals surface area contributed by atoms with Crippen molar-refractivity contribution in [1.29, 1.82) is 10.5 Å². The molecule has 0 amide bonds. The first-order valence-electron chi connectivity index (χ1n) is 11.0. The van der Waals surface area contributed by atoms with Gasteiger partial charge in [-0.05, 0) is 92.1 Å². The number of aliphatic imine (C=N–C) groups is 1. The van der Waals surface area contributed by atoms with Gasteiger partial charge in [0.25, 0.3) is 0 Å². The van der Waals surface area contributed by atoms with E-state index >= 15 is 0 Å². The zero-order valence-corrected chi connectivity index (χ0v) is 19.6. The number of benzene rings is 2. The highest BCUT2D eigenvalue weighted by Gasteiger charge is 2.11. The number of nitriles is 2. The minimum absolute atomic E-state index is 0.693. The first-order valence-corrected chi connectivity index (χ1v) is 11.0. The van der Waals surface area contributed by atoms with Gasteiger partial charge >= 0.3 is 0 Å². The zero-order valence-electron chi connectivity index (χ0n) is 19.6. The molecule has 0 atom stereocenters. The summed E-state index contributed by atoms with van der Waals surface area (Å²) >= 11 is 0. The molecule has 0 unspecified atom stereocenters. The highest BCUT2D eigenvalue weighted by Crippen LogP contribution is 2.29. The summed E-state index contributed by atoms with van der Waals surface area (Å²) in [7, 11) is 0. The summed E-state index contributed by atoms with van der Waals surface area (Å²) < 4.78 is 0. The van der Waals surface area contributed by atoms with Crippen LogP contribution in [0.15, 0.2) is 41.0 Å². The highest BCUT2D eigenvalue weighted by molar-refractivity contribution is 5.96. The smallest absolute Gasteiger partial charge is 0.0991 e. The monoisotopic (exact) mass is 412 g/mol. The molecular weight excluding hydrogens is 380 g/mol. The van der Waals surface area contributed by atoms with Crippen molar-refractivity contribution in [3.63, 3.8) is 0 Å².